The van der Waals surface area contributed by atoms with Crippen molar-refractivity contribution in [2.75, 3.05) is 57.9 Å². The number of nitrogens with zero attached hydrogens (tertiary/aromatic N) is 3. The summed E-state index contributed by atoms with van der Waals surface area (Å²) in [6, 6.07) is 10.9. The third-order valence-electron chi connectivity index (χ3n) is 10.9. The number of carbonyl (C=O) groups excluding carboxylic acids is 1. The lowest BCUT2D eigenvalue weighted by molar-refractivity contribution is -0.143. The van der Waals surface area contributed by atoms with E-state index in [0.29, 0.717) is 54.3 Å². The first-order valence-electron chi connectivity index (χ1n) is 16.5. The fourth-order valence-electron chi connectivity index (χ4n) is 8.39. The van der Waals surface area contributed by atoms with Gasteiger partial charge in [-0.25, -0.2) is 4.39 Å². The van der Waals surface area contributed by atoms with Gasteiger partial charge in [0.05, 0.1) is 18.1 Å². The van der Waals surface area contributed by atoms with E-state index in [0.717, 1.165) is 37.8 Å². The van der Waals surface area contributed by atoms with Gasteiger partial charge in [-0.15, -0.1) is 0 Å². The largest absolute Gasteiger partial charge is 0.481 e. The first-order chi connectivity index (χ1) is 22.4. The van der Waals surface area contributed by atoms with E-state index in [-0.39, 0.29) is 38.2 Å². The number of benzene rings is 2. The van der Waals surface area contributed by atoms with E-state index >= 15 is 4.39 Å². The van der Waals surface area contributed by atoms with E-state index in [4.69, 9.17) is 16.3 Å². The average Bonchev–Trinajstić information content (AvgIpc) is 3.81. The number of amides is 1. The van der Waals surface area contributed by atoms with Gasteiger partial charge in [0.25, 0.3) is 5.91 Å². The molecule has 6 rings (SSSR count). The number of carboxylic acids is 1. The molecular weight excluding hydrogens is 638 g/mol. The SMILES string of the molecule is COC[C@H]1CN(C(=O)[C@]2(F)CN(C3CCCC3)C[C@H]2c2ccc(Cl)cc2)C[C@@H]1c1ccc(C(F)(F)F)cc1N1CCC(C(=O)O)CC1. The van der Waals surface area contributed by atoms with Gasteiger partial charge in [0, 0.05) is 80.9 Å². The summed E-state index contributed by atoms with van der Waals surface area (Å²) in [5.74, 6) is -3.43. The van der Waals surface area contributed by atoms with E-state index in [9.17, 15) is 27.9 Å². The topological polar surface area (TPSA) is 73.3 Å². The van der Waals surface area contributed by atoms with Crippen molar-refractivity contribution in [3.8, 4) is 0 Å². The minimum atomic E-state index is -4.57. The maximum atomic E-state index is 17.5. The number of anilines is 1. The number of piperidine rings is 1. The van der Waals surface area contributed by atoms with Gasteiger partial charge in [0.1, 0.15) is 0 Å². The highest BCUT2D eigenvalue weighted by Crippen LogP contribution is 2.47. The zero-order chi connectivity index (χ0) is 33.5. The van der Waals surface area contributed by atoms with Crippen LogP contribution in [0.1, 0.15) is 67.1 Å². The molecular formula is C35H42ClF4N3O4. The molecule has 0 radical (unpaired) electrons. The molecule has 3 heterocycles. The summed E-state index contributed by atoms with van der Waals surface area (Å²) >= 11 is 6.15. The van der Waals surface area contributed by atoms with Crippen LogP contribution in [0.25, 0.3) is 0 Å². The molecule has 0 unspecified atom stereocenters. The number of methoxy groups -OCH3 is 1. The number of hydrogen-bond donors (Lipinski definition) is 1. The van der Waals surface area contributed by atoms with Gasteiger partial charge in [-0.1, -0.05) is 42.6 Å². The van der Waals surface area contributed by atoms with Gasteiger partial charge in [-0.2, -0.15) is 13.2 Å². The second kappa shape index (κ2) is 13.6. The van der Waals surface area contributed by atoms with Crippen LogP contribution in [0.5, 0.6) is 0 Å². The van der Waals surface area contributed by atoms with E-state index in [1.54, 1.807) is 29.2 Å². The lowest BCUT2D eigenvalue weighted by Crippen LogP contribution is -2.50. The minimum Gasteiger partial charge on any atom is -0.481 e. The van der Waals surface area contributed by atoms with Crippen molar-refractivity contribution in [1.82, 2.24) is 9.80 Å². The first kappa shape index (κ1) is 34.0. The molecule has 3 saturated heterocycles. The molecule has 4 atom stereocenters. The smallest absolute Gasteiger partial charge is 0.416 e. The number of aliphatic carboxylic acids is 1. The molecule has 1 amide bonds. The van der Waals surface area contributed by atoms with Crippen molar-refractivity contribution in [3.63, 3.8) is 0 Å². The Labute approximate surface area is 277 Å². The number of carboxylic acid groups (broad SMARTS) is 1. The van der Waals surface area contributed by atoms with Crippen molar-refractivity contribution < 1.29 is 37.0 Å². The van der Waals surface area contributed by atoms with Crippen LogP contribution in [0.15, 0.2) is 42.5 Å². The summed E-state index contributed by atoms with van der Waals surface area (Å²) in [6.45, 7) is 1.59. The molecule has 1 aliphatic carbocycles. The van der Waals surface area contributed by atoms with Crippen molar-refractivity contribution >= 4 is 29.2 Å². The first-order valence-corrected chi connectivity index (χ1v) is 16.9. The Balaban J connectivity index is 1.31. The Morgan fingerprint density at radius 1 is 1.00 bits per heavy atom. The predicted molar refractivity (Wildman–Crippen MR) is 171 cm³/mol. The molecule has 0 bridgehead atoms. The Bertz CT molecular complexity index is 1450. The van der Waals surface area contributed by atoms with Crippen LogP contribution in [0.4, 0.5) is 23.2 Å². The van der Waals surface area contributed by atoms with Crippen LogP contribution < -0.4 is 4.90 Å². The van der Waals surface area contributed by atoms with Gasteiger partial charge in [-0.3, -0.25) is 14.5 Å². The molecule has 7 nitrogen and oxygen atoms in total. The van der Waals surface area contributed by atoms with Crippen LogP contribution in [0.3, 0.4) is 0 Å². The summed E-state index contributed by atoms with van der Waals surface area (Å²) < 4.78 is 64.8. The molecule has 0 aromatic heterocycles. The predicted octanol–water partition coefficient (Wildman–Crippen LogP) is 6.60. The molecule has 1 saturated carbocycles. The molecule has 1 N–H and O–H groups in total. The molecule has 3 aliphatic heterocycles. The zero-order valence-corrected chi connectivity index (χ0v) is 27.3. The Morgan fingerprint density at radius 3 is 2.30 bits per heavy atom. The molecule has 47 heavy (non-hydrogen) atoms. The molecule has 256 valence electrons. The molecule has 0 spiro atoms. The number of rotatable bonds is 8. The van der Waals surface area contributed by atoms with Gasteiger partial charge in [0.15, 0.2) is 0 Å². The third-order valence-corrected chi connectivity index (χ3v) is 11.2. The molecule has 2 aromatic rings. The molecule has 12 heteroatoms. The third kappa shape index (κ3) is 6.85. The molecule has 4 aliphatic rings. The molecule has 4 fully saturated rings. The normalized spacial score (nSPS) is 28.0. The fourth-order valence-corrected chi connectivity index (χ4v) is 8.51. The standard InChI is InChI=1S/C35H42ClF4N3O4/c1-47-20-24-17-42(33(46)34(37)21-43(27-4-2-3-5-27)19-30(34)22-6-9-26(36)10-7-22)18-29(24)28-11-8-25(35(38,39)40)16-31(28)41-14-12-23(13-15-41)32(44)45/h6-11,16,23-24,27,29-30H,2-5,12-15,17-21H2,1H3,(H,44,45)/t24-,29+,30+,34+/m1/s1. The van der Waals surface area contributed by atoms with Crippen molar-refractivity contribution in [2.45, 2.75) is 68.2 Å². The average molecular weight is 680 g/mol. The summed E-state index contributed by atoms with van der Waals surface area (Å²) in [6.07, 6.45) is 0.165. The number of halogens is 5. The van der Waals surface area contributed by atoms with Crippen LogP contribution in [-0.4, -0.2) is 91.5 Å². The van der Waals surface area contributed by atoms with Crippen LogP contribution in [0, 0.1) is 11.8 Å². The quantitative estimate of drug-likeness (QED) is 0.317. The van der Waals surface area contributed by atoms with Crippen LogP contribution in [-0.2, 0) is 20.5 Å². The van der Waals surface area contributed by atoms with E-state index in [1.807, 2.05) is 4.90 Å². The Kier molecular flexibility index (Phi) is 9.80. The molecule has 2 aromatic carbocycles. The van der Waals surface area contributed by atoms with E-state index < -0.39 is 47.0 Å². The fraction of sp³-hybridized carbons (Fsp3) is 0.600. The summed E-state index contributed by atoms with van der Waals surface area (Å²) in [4.78, 5) is 31.5. The van der Waals surface area contributed by atoms with Gasteiger partial charge >= 0.3 is 12.1 Å². The number of likely N-dealkylation sites (tertiary alicyclic amines) is 2. The highest BCUT2D eigenvalue weighted by molar-refractivity contribution is 6.30. The maximum Gasteiger partial charge on any atom is 0.416 e. The van der Waals surface area contributed by atoms with E-state index in [2.05, 4.69) is 4.90 Å². The maximum absolute atomic E-state index is 17.5. The van der Waals surface area contributed by atoms with Gasteiger partial charge in [0.2, 0.25) is 5.67 Å². The number of alkyl halides is 4. The lowest BCUT2D eigenvalue weighted by Gasteiger charge is -2.35. The lowest BCUT2D eigenvalue weighted by atomic mass is 9.85. The summed E-state index contributed by atoms with van der Waals surface area (Å²) in [5.41, 5.74) is -1.26. The second-order valence-corrected chi connectivity index (χ2v) is 14.2. The summed E-state index contributed by atoms with van der Waals surface area (Å²) in [5, 5.41) is 10.0. The van der Waals surface area contributed by atoms with E-state index in [1.165, 1.54) is 13.2 Å². The van der Waals surface area contributed by atoms with Gasteiger partial charge in [-0.05, 0) is 61.1 Å². The van der Waals surface area contributed by atoms with Crippen molar-refractivity contribution in [2.24, 2.45) is 11.8 Å². The number of ether oxygens (including phenoxy) is 1. The van der Waals surface area contributed by atoms with Gasteiger partial charge < -0.3 is 19.6 Å². The number of hydrogen-bond acceptors (Lipinski definition) is 5. The highest BCUT2D eigenvalue weighted by atomic mass is 35.5. The zero-order valence-electron chi connectivity index (χ0n) is 26.5. The Hall–Kier alpha value is -2.89. The highest BCUT2D eigenvalue weighted by Gasteiger charge is 2.57. The second-order valence-electron chi connectivity index (χ2n) is 13.7. The van der Waals surface area contributed by atoms with Crippen molar-refractivity contribution in [1.29, 1.82) is 0 Å². The minimum absolute atomic E-state index is 0.00996. The number of carbonyl (C=O) groups is 2. The van der Waals surface area contributed by atoms with Crippen LogP contribution >= 0.6 is 11.6 Å². The Morgan fingerprint density at radius 2 is 1.68 bits per heavy atom. The summed E-state index contributed by atoms with van der Waals surface area (Å²) in [7, 11) is 1.54. The monoisotopic (exact) mass is 679 g/mol. The van der Waals surface area contributed by atoms with Crippen LogP contribution in [0.2, 0.25) is 5.02 Å². The van der Waals surface area contributed by atoms with Crippen molar-refractivity contribution in [3.05, 3.63) is 64.2 Å².